The van der Waals surface area contributed by atoms with Gasteiger partial charge in [0, 0.05) is 12.7 Å². The van der Waals surface area contributed by atoms with E-state index >= 15 is 0 Å². The molecule has 5 nitrogen and oxygen atoms in total. The molecule has 0 aliphatic rings. The van der Waals surface area contributed by atoms with Crippen molar-refractivity contribution in [3.63, 3.8) is 0 Å². The Kier molecular flexibility index (Phi) is 3.53. The second kappa shape index (κ2) is 5.00. The summed E-state index contributed by atoms with van der Waals surface area (Å²) in [5.41, 5.74) is 11.5. The molecule has 106 valence electrons. The summed E-state index contributed by atoms with van der Waals surface area (Å²) in [4.78, 5) is 12.4. The molecule has 0 aliphatic heterocycles. The molecule has 3 N–H and O–H groups in total. The van der Waals surface area contributed by atoms with Gasteiger partial charge in [-0.1, -0.05) is 0 Å². The molecule has 0 bridgehead atoms. The molecule has 0 saturated carbocycles. The average molecular weight is 272 g/mol. The molecule has 2 aromatic rings. The van der Waals surface area contributed by atoms with E-state index in [-0.39, 0.29) is 5.91 Å². The van der Waals surface area contributed by atoms with Gasteiger partial charge >= 0.3 is 0 Å². The molecule has 1 heterocycles. The molecule has 5 heteroatoms. The fraction of sp³-hybridized carbons (Fsp3) is 0.333. The van der Waals surface area contributed by atoms with E-state index in [1.807, 2.05) is 46.9 Å². The molecule has 0 radical (unpaired) electrons. The van der Waals surface area contributed by atoms with Gasteiger partial charge in [-0.2, -0.15) is 5.10 Å². The van der Waals surface area contributed by atoms with Crippen LogP contribution in [0.2, 0.25) is 0 Å². The minimum absolute atomic E-state index is 0.178. The molecule has 0 atom stereocenters. The van der Waals surface area contributed by atoms with Crippen LogP contribution in [0, 0.1) is 27.7 Å². The van der Waals surface area contributed by atoms with Gasteiger partial charge in [0.1, 0.15) is 0 Å². The van der Waals surface area contributed by atoms with Crippen molar-refractivity contribution >= 4 is 17.3 Å². The van der Waals surface area contributed by atoms with Gasteiger partial charge in [0.05, 0.1) is 22.6 Å². The number of aromatic nitrogens is 2. The molecular formula is C15H20N4O. The van der Waals surface area contributed by atoms with Crippen LogP contribution in [0.15, 0.2) is 12.1 Å². The highest BCUT2D eigenvalue weighted by atomic mass is 16.1. The van der Waals surface area contributed by atoms with Crippen molar-refractivity contribution in [2.24, 2.45) is 7.05 Å². The minimum Gasteiger partial charge on any atom is -0.397 e. The topological polar surface area (TPSA) is 72.9 Å². The molecule has 1 aromatic heterocycles. The molecule has 1 amide bonds. The first-order valence-corrected chi connectivity index (χ1v) is 6.49. The number of carbonyl (C=O) groups is 1. The zero-order chi connectivity index (χ0) is 15.0. The normalized spacial score (nSPS) is 10.7. The highest BCUT2D eigenvalue weighted by Gasteiger charge is 2.18. The van der Waals surface area contributed by atoms with Crippen LogP contribution in [0.25, 0.3) is 0 Å². The smallest absolute Gasteiger partial charge is 0.259 e. The molecule has 0 unspecified atom stereocenters. The van der Waals surface area contributed by atoms with Crippen LogP contribution in [-0.4, -0.2) is 15.7 Å². The van der Waals surface area contributed by atoms with Crippen molar-refractivity contribution in [2.75, 3.05) is 11.1 Å². The lowest BCUT2D eigenvalue weighted by molar-refractivity contribution is 0.102. The number of amides is 1. The predicted octanol–water partition coefficient (Wildman–Crippen LogP) is 2.49. The van der Waals surface area contributed by atoms with Crippen LogP contribution in [0.1, 0.15) is 32.9 Å². The van der Waals surface area contributed by atoms with Crippen molar-refractivity contribution in [1.82, 2.24) is 9.78 Å². The van der Waals surface area contributed by atoms with E-state index in [0.717, 1.165) is 16.8 Å². The van der Waals surface area contributed by atoms with Crippen LogP contribution >= 0.6 is 0 Å². The summed E-state index contributed by atoms with van der Waals surface area (Å²) in [6.07, 6.45) is 0. The van der Waals surface area contributed by atoms with Crippen molar-refractivity contribution in [2.45, 2.75) is 27.7 Å². The van der Waals surface area contributed by atoms with Gasteiger partial charge in [-0.05, 0) is 51.0 Å². The number of hydrogen-bond donors (Lipinski definition) is 2. The Morgan fingerprint density at radius 3 is 2.35 bits per heavy atom. The quantitative estimate of drug-likeness (QED) is 0.825. The number of nitrogens with two attached hydrogens (primary N) is 1. The highest BCUT2D eigenvalue weighted by Crippen LogP contribution is 2.24. The number of nitrogens with one attached hydrogen (secondary N) is 1. The second-order valence-corrected chi connectivity index (χ2v) is 5.15. The first kappa shape index (κ1) is 14.1. The summed E-state index contributed by atoms with van der Waals surface area (Å²) in [6, 6.07) is 3.76. The van der Waals surface area contributed by atoms with Gasteiger partial charge in [-0.3, -0.25) is 9.48 Å². The maximum atomic E-state index is 12.4. The number of aryl methyl sites for hydroxylation is 4. The molecule has 2 rings (SSSR count). The lowest BCUT2D eigenvalue weighted by Crippen LogP contribution is -2.15. The summed E-state index contributed by atoms with van der Waals surface area (Å²) >= 11 is 0. The fourth-order valence-electron chi connectivity index (χ4n) is 2.23. The van der Waals surface area contributed by atoms with E-state index in [0.29, 0.717) is 22.6 Å². The molecular weight excluding hydrogens is 252 g/mol. The number of benzene rings is 1. The van der Waals surface area contributed by atoms with E-state index in [1.165, 1.54) is 0 Å². The second-order valence-electron chi connectivity index (χ2n) is 5.15. The van der Waals surface area contributed by atoms with Gasteiger partial charge in [-0.15, -0.1) is 0 Å². The molecule has 0 fully saturated rings. The maximum Gasteiger partial charge on any atom is 0.259 e. The molecule has 20 heavy (non-hydrogen) atoms. The Morgan fingerprint density at radius 1 is 1.20 bits per heavy atom. The number of rotatable bonds is 2. The maximum absolute atomic E-state index is 12.4. The Morgan fingerprint density at radius 2 is 1.80 bits per heavy atom. The summed E-state index contributed by atoms with van der Waals surface area (Å²) in [6.45, 7) is 7.68. The van der Waals surface area contributed by atoms with Gasteiger partial charge in [0.25, 0.3) is 5.91 Å². The fourth-order valence-corrected chi connectivity index (χ4v) is 2.23. The third kappa shape index (κ3) is 2.39. The summed E-state index contributed by atoms with van der Waals surface area (Å²) in [7, 11) is 1.82. The van der Waals surface area contributed by atoms with Gasteiger partial charge in [-0.25, -0.2) is 0 Å². The van der Waals surface area contributed by atoms with E-state index in [4.69, 9.17) is 5.73 Å². The lowest BCUT2D eigenvalue weighted by atomic mass is 10.1. The minimum atomic E-state index is -0.178. The molecule has 0 saturated heterocycles. The largest absolute Gasteiger partial charge is 0.397 e. The van der Waals surface area contributed by atoms with Crippen LogP contribution < -0.4 is 11.1 Å². The SMILES string of the molecule is Cc1cc(N)c(NC(=O)c2c(C)nn(C)c2C)cc1C. The van der Waals surface area contributed by atoms with Crippen LogP contribution in [0.3, 0.4) is 0 Å². The zero-order valence-electron chi connectivity index (χ0n) is 12.5. The third-order valence-electron chi connectivity index (χ3n) is 3.65. The monoisotopic (exact) mass is 272 g/mol. The number of nitrogen functional groups attached to an aromatic ring is 1. The van der Waals surface area contributed by atoms with Crippen molar-refractivity contribution < 1.29 is 4.79 Å². The Labute approximate surface area is 118 Å². The van der Waals surface area contributed by atoms with Crippen molar-refractivity contribution in [1.29, 1.82) is 0 Å². The number of carbonyl (C=O) groups excluding carboxylic acids is 1. The molecule has 1 aromatic carbocycles. The van der Waals surface area contributed by atoms with Crippen LogP contribution in [-0.2, 0) is 7.05 Å². The standard InChI is InChI=1S/C15H20N4O/c1-8-6-12(16)13(7-9(8)2)17-15(20)14-10(3)18-19(5)11(14)4/h6-7H,16H2,1-5H3,(H,17,20). The average Bonchev–Trinajstić information content (AvgIpc) is 2.60. The van der Waals surface area contributed by atoms with E-state index in [9.17, 15) is 4.79 Å². The lowest BCUT2D eigenvalue weighted by Gasteiger charge is -2.11. The number of anilines is 2. The zero-order valence-corrected chi connectivity index (χ0v) is 12.5. The van der Waals surface area contributed by atoms with Crippen molar-refractivity contribution in [3.05, 3.63) is 40.2 Å². The van der Waals surface area contributed by atoms with Gasteiger partial charge in [0.2, 0.25) is 0 Å². The summed E-state index contributed by atoms with van der Waals surface area (Å²) in [5.74, 6) is -0.178. The highest BCUT2D eigenvalue weighted by molar-refractivity contribution is 6.07. The van der Waals surface area contributed by atoms with E-state index in [1.54, 1.807) is 4.68 Å². The predicted molar refractivity (Wildman–Crippen MR) is 81.0 cm³/mol. The Balaban J connectivity index is 2.35. The third-order valence-corrected chi connectivity index (χ3v) is 3.65. The Hall–Kier alpha value is -2.30. The number of nitrogens with zero attached hydrogens (tertiary/aromatic N) is 2. The van der Waals surface area contributed by atoms with E-state index < -0.39 is 0 Å². The van der Waals surface area contributed by atoms with Crippen molar-refractivity contribution in [3.8, 4) is 0 Å². The van der Waals surface area contributed by atoms with E-state index in [2.05, 4.69) is 10.4 Å². The van der Waals surface area contributed by atoms with Crippen LogP contribution in [0.5, 0.6) is 0 Å². The first-order chi connectivity index (χ1) is 9.31. The summed E-state index contributed by atoms with van der Waals surface area (Å²) < 4.78 is 1.70. The summed E-state index contributed by atoms with van der Waals surface area (Å²) in [5, 5.41) is 7.12. The molecule has 0 spiro atoms. The molecule has 0 aliphatic carbocycles. The van der Waals surface area contributed by atoms with Gasteiger partial charge in [0.15, 0.2) is 0 Å². The number of hydrogen-bond acceptors (Lipinski definition) is 3. The first-order valence-electron chi connectivity index (χ1n) is 6.49. The Bertz CT molecular complexity index is 686. The van der Waals surface area contributed by atoms with Crippen LogP contribution in [0.4, 0.5) is 11.4 Å². The van der Waals surface area contributed by atoms with Gasteiger partial charge < -0.3 is 11.1 Å².